The highest BCUT2D eigenvalue weighted by Crippen LogP contribution is 2.08. The summed E-state index contributed by atoms with van der Waals surface area (Å²) in [7, 11) is 0. The predicted molar refractivity (Wildman–Crippen MR) is 60.2 cm³/mol. The van der Waals surface area contributed by atoms with Crippen LogP contribution in [0.5, 0.6) is 5.75 Å². The quantitative estimate of drug-likeness (QED) is 0.823. The first kappa shape index (κ1) is 10.7. The largest absolute Gasteiger partial charge is 0.491 e. The van der Waals surface area contributed by atoms with Gasteiger partial charge in [0, 0.05) is 12.4 Å². The number of aliphatic hydroxyl groups excluding tert-OH is 1. The molecule has 16 heavy (non-hydrogen) atoms. The molecule has 0 aliphatic carbocycles. The Morgan fingerprint density at radius 2 is 2.12 bits per heavy atom. The topological polar surface area (TPSA) is 47.3 Å². The van der Waals surface area contributed by atoms with Crippen molar-refractivity contribution < 1.29 is 9.84 Å². The van der Waals surface area contributed by atoms with E-state index in [-0.39, 0.29) is 6.61 Å². The fourth-order valence-corrected chi connectivity index (χ4v) is 1.40. The monoisotopic (exact) mass is 218 g/mol. The second kappa shape index (κ2) is 5.32. The lowest BCUT2D eigenvalue weighted by molar-refractivity contribution is 0.0925. The summed E-state index contributed by atoms with van der Waals surface area (Å²) in [6.45, 7) is 0.773. The number of aromatic nitrogens is 2. The number of ether oxygens (including phenoxy) is 1. The van der Waals surface area contributed by atoms with Crippen molar-refractivity contribution in [3.05, 3.63) is 49.1 Å². The Balaban J connectivity index is 1.78. The van der Waals surface area contributed by atoms with Crippen molar-refractivity contribution in [3.63, 3.8) is 0 Å². The van der Waals surface area contributed by atoms with Gasteiger partial charge < -0.3 is 14.4 Å². The summed E-state index contributed by atoms with van der Waals surface area (Å²) in [5.41, 5.74) is 0. The minimum Gasteiger partial charge on any atom is -0.491 e. The zero-order valence-electron chi connectivity index (χ0n) is 8.86. The van der Waals surface area contributed by atoms with Crippen LogP contribution in [0.15, 0.2) is 49.1 Å². The van der Waals surface area contributed by atoms with E-state index >= 15 is 0 Å². The van der Waals surface area contributed by atoms with Gasteiger partial charge in [0.15, 0.2) is 0 Å². The van der Waals surface area contributed by atoms with Crippen molar-refractivity contribution in [2.45, 2.75) is 12.6 Å². The highest BCUT2D eigenvalue weighted by atomic mass is 16.5. The van der Waals surface area contributed by atoms with Crippen molar-refractivity contribution in [1.29, 1.82) is 0 Å². The molecule has 0 aliphatic rings. The van der Waals surface area contributed by atoms with E-state index in [0.29, 0.717) is 6.54 Å². The molecule has 2 rings (SSSR count). The Labute approximate surface area is 94.1 Å². The minimum atomic E-state index is -0.533. The van der Waals surface area contributed by atoms with Gasteiger partial charge in [0.1, 0.15) is 18.5 Å². The smallest absolute Gasteiger partial charge is 0.119 e. The standard InChI is InChI=1S/C12H14N2O2/c15-11(8-14-7-6-13-10-14)9-16-12-4-2-1-3-5-12/h1-7,10-11,15H,8-9H2. The number of hydrogen-bond acceptors (Lipinski definition) is 3. The van der Waals surface area contributed by atoms with Gasteiger partial charge in [0.05, 0.1) is 12.9 Å². The normalized spacial score (nSPS) is 12.3. The van der Waals surface area contributed by atoms with Crippen LogP contribution in [0.25, 0.3) is 0 Å². The van der Waals surface area contributed by atoms with E-state index in [0.717, 1.165) is 5.75 Å². The summed E-state index contributed by atoms with van der Waals surface area (Å²) >= 11 is 0. The second-order valence-electron chi connectivity index (χ2n) is 3.54. The Morgan fingerprint density at radius 1 is 1.31 bits per heavy atom. The number of rotatable bonds is 5. The third-order valence-corrected chi connectivity index (χ3v) is 2.17. The first-order valence-corrected chi connectivity index (χ1v) is 5.16. The summed E-state index contributed by atoms with van der Waals surface area (Å²) in [6, 6.07) is 9.46. The van der Waals surface area contributed by atoms with Crippen LogP contribution in [0.2, 0.25) is 0 Å². The molecule has 0 amide bonds. The molecular formula is C12H14N2O2. The predicted octanol–water partition coefficient (Wildman–Crippen LogP) is 1.32. The van der Waals surface area contributed by atoms with Crippen molar-refractivity contribution in [2.75, 3.05) is 6.61 Å². The Bertz CT molecular complexity index is 400. The maximum atomic E-state index is 9.71. The molecule has 0 bridgehead atoms. The molecule has 0 aliphatic heterocycles. The van der Waals surface area contributed by atoms with E-state index < -0.39 is 6.10 Å². The fourth-order valence-electron chi connectivity index (χ4n) is 1.40. The van der Waals surface area contributed by atoms with Crippen LogP contribution in [-0.2, 0) is 6.54 Å². The van der Waals surface area contributed by atoms with Crippen molar-refractivity contribution in [2.24, 2.45) is 0 Å². The van der Waals surface area contributed by atoms with Crippen LogP contribution >= 0.6 is 0 Å². The van der Waals surface area contributed by atoms with E-state index in [1.165, 1.54) is 0 Å². The van der Waals surface area contributed by atoms with Crippen molar-refractivity contribution in [1.82, 2.24) is 9.55 Å². The molecule has 1 heterocycles. The molecule has 1 N–H and O–H groups in total. The number of benzene rings is 1. The average molecular weight is 218 g/mol. The van der Waals surface area contributed by atoms with Gasteiger partial charge >= 0.3 is 0 Å². The molecule has 1 aromatic carbocycles. The van der Waals surface area contributed by atoms with Gasteiger partial charge in [-0.1, -0.05) is 18.2 Å². The van der Waals surface area contributed by atoms with Gasteiger partial charge in [-0.25, -0.2) is 4.98 Å². The molecule has 4 heteroatoms. The Morgan fingerprint density at radius 3 is 2.81 bits per heavy atom. The maximum absolute atomic E-state index is 9.71. The summed E-state index contributed by atoms with van der Waals surface area (Å²) in [4.78, 5) is 3.90. The molecule has 0 spiro atoms. The van der Waals surface area contributed by atoms with Gasteiger partial charge in [-0.2, -0.15) is 0 Å². The zero-order chi connectivity index (χ0) is 11.2. The minimum absolute atomic E-state index is 0.280. The fraction of sp³-hybridized carbons (Fsp3) is 0.250. The van der Waals surface area contributed by atoms with Gasteiger partial charge in [0.25, 0.3) is 0 Å². The maximum Gasteiger partial charge on any atom is 0.119 e. The molecule has 0 radical (unpaired) electrons. The molecule has 0 saturated heterocycles. The second-order valence-corrected chi connectivity index (χ2v) is 3.54. The van der Waals surface area contributed by atoms with Crippen LogP contribution in [0.3, 0.4) is 0 Å². The molecule has 1 atom stereocenters. The lowest BCUT2D eigenvalue weighted by atomic mass is 10.3. The van der Waals surface area contributed by atoms with Crippen LogP contribution in [0.1, 0.15) is 0 Å². The van der Waals surface area contributed by atoms with Crippen LogP contribution in [-0.4, -0.2) is 27.4 Å². The van der Waals surface area contributed by atoms with E-state index in [1.807, 2.05) is 41.1 Å². The van der Waals surface area contributed by atoms with Gasteiger partial charge in [0.2, 0.25) is 0 Å². The molecule has 0 saturated carbocycles. The van der Waals surface area contributed by atoms with Crippen molar-refractivity contribution >= 4 is 0 Å². The lowest BCUT2D eigenvalue weighted by Crippen LogP contribution is -2.22. The Hall–Kier alpha value is -1.81. The van der Waals surface area contributed by atoms with E-state index in [2.05, 4.69) is 4.98 Å². The number of imidazole rings is 1. The van der Waals surface area contributed by atoms with Crippen LogP contribution in [0.4, 0.5) is 0 Å². The summed E-state index contributed by atoms with van der Waals surface area (Å²) in [6.07, 6.45) is 4.64. The van der Waals surface area contributed by atoms with Gasteiger partial charge in [-0.3, -0.25) is 0 Å². The van der Waals surface area contributed by atoms with E-state index in [9.17, 15) is 5.11 Å². The molecule has 4 nitrogen and oxygen atoms in total. The number of hydrogen-bond donors (Lipinski definition) is 1. The van der Waals surface area contributed by atoms with Crippen LogP contribution < -0.4 is 4.74 Å². The molecular weight excluding hydrogens is 204 g/mol. The van der Waals surface area contributed by atoms with Gasteiger partial charge in [-0.05, 0) is 12.1 Å². The first-order valence-electron chi connectivity index (χ1n) is 5.16. The molecule has 2 aromatic rings. The highest BCUT2D eigenvalue weighted by molar-refractivity contribution is 5.20. The average Bonchev–Trinajstić information content (AvgIpc) is 2.81. The SMILES string of the molecule is OC(COc1ccccc1)Cn1ccnc1. The molecule has 1 aromatic heterocycles. The molecule has 0 fully saturated rings. The Kier molecular flexibility index (Phi) is 3.56. The lowest BCUT2D eigenvalue weighted by Gasteiger charge is -2.12. The molecule has 84 valence electrons. The number of para-hydroxylation sites is 1. The van der Waals surface area contributed by atoms with Crippen molar-refractivity contribution in [3.8, 4) is 5.75 Å². The highest BCUT2D eigenvalue weighted by Gasteiger charge is 2.05. The summed E-state index contributed by atoms with van der Waals surface area (Å²) in [5.74, 6) is 0.771. The van der Waals surface area contributed by atoms with E-state index in [1.54, 1.807) is 12.5 Å². The zero-order valence-corrected chi connectivity index (χ0v) is 8.86. The molecule has 1 unspecified atom stereocenters. The number of nitrogens with zero attached hydrogens (tertiary/aromatic N) is 2. The summed E-state index contributed by atoms with van der Waals surface area (Å²) in [5, 5.41) is 9.71. The third kappa shape index (κ3) is 3.10. The first-order chi connectivity index (χ1) is 7.84. The van der Waals surface area contributed by atoms with E-state index in [4.69, 9.17) is 4.74 Å². The van der Waals surface area contributed by atoms with Crippen LogP contribution in [0, 0.1) is 0 Å². The summed E-state index contributed by atoms with van der Waals surface area (Å²) < 4.78 is 7.25. The third-order valence-electron chi connectivity index (χ3n) is 2.17. The van der Waals surface area contributed by atoms with Gasteiger partial charge in [-0.15, -0.1) is 0 Å². The number of aliphatic hydroxyl groups is 1.